The lowest BCUT2D eigenvalue weighted by Crippen LogP contribution is -2.58. The summed E-state index contributed by atoms with van der Waals surface area (Å²) in [6, 6.07) is 7.25. The van der Waals surface area contributed by atoms with E-state index in [4.69, 9.17) is 9.47 Å². The minimum absolute atomic E-state index is 0.0275. The van der Waals surface area contributed by atoms with Gasteiger partial charge in [-0.2, -0.15) is 4.79 Å². The molecule has 0 amide bonds. The number of nitrogens with one attached hydrogen (secondary N) is 1. The number of Topliss-reactive ketones (excluding diaryl/α,β-unsaturated/α-hetero) is 1. The maximum atomic E-state index is 13.6. The number of esters is 1. The highest BCUT2D eigenvalue weighted by Gasteiger charge is 2.49. The lowest BCUT2D eigenvalue weighted by atomic mass is 9.77. The third kappa shape index (κ3) is 3.78. The fourth-order valence-electron chi connectivity index (χ4n) is 4.17. The highest BCUT2D eigenvalue weighted by molar-refractivity contribution is 8.00. The lowest BCUT2D eigenvalue weighted by Gasteiger charge is -2.46. The summed E-state index contributed by atoms with van der Waals surface area (Å²) in [4.78, 5) is 27.5. The van der Waals surface area contributed by atoms with Gasteiger partial charge >= 0.3 is 5.97 Å². The Balaban J connectivity index is 1.68. The largest absolute Gasteiger partial charge is 0.494 e. The molecule has 1 fully saturated rings. The van der Waals surface area contributed by atoms with Crippen LogP contribution in [0, 0.1) is 0 Å². The Morgan fingerprint density at radius 2 is 1.90 bits per heavy atom. The van der Waals surface area contributed by atoms with Gasteiger partial charge in [0.25, 0.3) is 0 Å². The molecule has 1 N–H and O–H groups in total. The van der Waals surface area contributed by atoms with Gasteiger partial charge in [-0.25, -0.2) is 4.79 Å². The number of ether oxygens (including phenoxy) is 2. The van der Waals surface area contributed by atoms with Crippen LogP contribution in [-0.2, 0) is 4.74 Å². The summed E-state index contributed by atoms with van der Waals surface area (Å²) in [5.74, 6) is 0.238. The van der Waals surface area contributed by atoms with E-state index in [1.807, 2.05) is 19.1 Å². The molecule has 30 heavy (non-hydrogen) atoms. The molecule has 0 radical (unpaired) electrons. The highest BCUT2D eigenvalue weighted by Crippen LogP contribution is 2.45. The van der Waals surface area contributed by atoms with Crippen molar-refractivity contribution in [3.05, 3.63) is 35.5 Å². The van der Waals surface area contributed by atoms with Crippen molar-refractivity contribution in [2.24, 2.45) is 0 Å². The first-order valence-electron chi connectivity index (χ1n) is 10.4. The van der Waals surface area contributed by atoms with Gasteiger partial charge in [0.05, 0.1) is 24.0 Å². The van der Waals surface area contributed by atoms with Crippen LogP contribution in [0.25, 0.3) is 0 Å². The molecule has 9 heteroatoms. The third-order valence-corrected chi connectivity index (χ3v) is 7.08. The number of aromatic nitrogens is 3. The standard InChI is InChI=1S/C21H26N4O4S/c1-3-28-15-10-8-14(9-11-15)17(26)18-21(12-6-5-7-13-21)23-25-19(30-18)16(22-24-25)20(27)29-4-2/h8-11,18,23H,3-7,12-13H2,1-2H3. The smallest absolute Gasteiger partial charge is 0.361 e. The van der Waals surface area contributed by atoms with Crippen LogP contribution in [0.4, 0.5) is 0 Å². The van der Waals surface area contributed by atoms with Crippen LogP contribution in [0.3, 0.4) is 0 Å². The molecule has 8 nitrogen and oxygen atoms in total. The molecule has 1 saturated carbocycles. The second kappa shape index (κ2) is 8.67. The molecule has 1 unspecified atom stereocenters. The monoisotopic (exact) mass is 430 g/mol. The van der Waals surface area contributed by atoms with E-state index in [0.29, 0.717) is 17.2 Å². The molecule has 1 aromatic heterocycles. The quantitative estimate of drug-likeness (QED) is 0.550. The summed E-state index contributed by atoms with van der Waals surface area (Å²) < 4.78 is 10.6. The topological polar surface area (TPSA) is 95.3 Å². The molecular weight excluding hydrogens is 404 g/mol. The van der Waals surface area contributed by atoms with Gasteiger partial charge in [0.1, 0.15) is 5.75 Å². The first-order valence-corrected chi connectivity index (χ1v) is 11.3. The molecule has 0 saturated heterocycles. The second-order valence-corrected chi connectivity index (χ2v) is 8.62. The third-order valence-electron chi connectivity index (χ3n) is 5.59. The van der Waals surface area contributed by atoms with Gasteiger partial charge in [0, 0.05) is 5.56 Å². The van der Waals surface area contributed by atoms with Crippen LogP contribution < -0.4 is 10.2 Å². The average Bonchev–Trinajstić information content (AvgIpc) is 3.16. The van der Waals surface area contributed by atoms with Gasteiger partial charge in [0.2, 0.25) is 5.69 Å². The van der Waals surface area contributed by atoms with E-state index in [1.54, 1.807) is 23.8 Å². The van der Waals surface area contributed by atoms with Crippen LogP contribution in [0.5, 0.6) is 5.75 Å². The van der Waals surface area contributed by atoms with Crippen LogP contribution in [0.2, 0.25) is 0 Å². The summed E-state index contributed by atoms with van der Waals surface area (Å²) in [5.41, 5.74) is 3.77. The van der Waals surface area contributed by atoms with Crippen molar-refractivity contribution in [3.63, 3.8) is 0 Å². The Labute approximate surface area is 179 Å². The van der Waals surface area contributed by atoms with Crippen molar-refractivity contribution in [2.75, 3.05) is 18.6 Å². The van der Waals surface area contributed by atoms with Crippen LogP contribution in [0.1, 0.15) is 66.8 Å². The maximum absolute atomic E-state index is 13.6. The second-order valence-electron chi connectivity index (χ2n) is 7.52. The van der Waals surface area contributed by atoms with Crippen molar-refractivity contribution in [1.82, 2.24) is 15.1 Å². The summed E-state index contributed by atoms with van der Waals surface area (Å²) in [5, 5.41) is 8.26. The molecule has 4 rings (SSSR count). The fraction of sp³-hybridized carbons (Fsp3) is 0.524. The average molecular weight is 431 g/mol. The Hall–Kier alpha value is -2.55. The molecule has 1 aromatic carbocycles. The number of hydrogen-bond acceptors (Lipinski definition) is 8. The Bertz CT molecular complexity index is 922. The van der Waals surface area contributed by atoms with Crippen molar-refractivity contribution >= 4 is 23.5 Å². The number of benzene rings is 1. The van der Waals surface area contributed by atoms with E-state index in [1.165, 1.54) is 11.8 Å². The van der Waals surface area contributed by atoms with E-state index in [-0.39, 0.29) is 18.1 Å². The molecule has 0 bridgehead atoms. The Kier molecular flexibility index (Phi) is 5.99. The minimum atomic E-state index is -0.528. The van der Waals surface area contributed by atoms with Gasteiger partial charge in [0.15, 0.2) is 10.8 Å². The Morgan fingerprint density at radius 1 is 1.17 bits per heavy atom. The zero-order valence-electron chi connectivity index (χ0n) is 17.2. The summed E-state index contributed by atoms with van der Waals surface area (Å²) in [6.45, 7) is 4.50. The number of carbonyl (C=O) groups is 2. The molecule has 1 aliphatic heterocycles. The molecule has 2 aliphatic rings. The van der Waals surface area contributed by atoms with Crippen LogP contribution in [0.15, 0.2) is 29.3 Å². The predicted octanol–water partition coefficient (Wildman–Crippen LogP) is 3.46. The maximum Gasteiger partial charge on any atom is 0.361 e. The van der Waals surface area contributed by atoms with Gasteiger partial charge in [-0.15, -0.1) is 5.10 Å². The minimum Gasteiger partial charge on any atom is -0.494 e. The van der Waals surface area contributed by atoms with Crippen molar-refractivity contribution < 1.29 is 19.1 Å². The zero-order chi connectivity index (χ0) is 21.1. The number of ketones is 1. The molecule has 160 valence electrons. The van der Waals surface area contributed by atoms with E-state index in [0.717, 1.165) is 37.9 Å². The van der Waals surface area contributed by atoms with E-state index in [2.05, 4.69) is 15.7 Å². The summed E-state index contributed by atoms with van der Waals surface area (Å²) in [7, 11) is 0. The van der Waals surface area contributed by atoms with Gasteiger partial charge in [-0.1, -0.05) is 31.0 Å². The molecule has 2 aromatic rings. The molecule has 1 atom stereocenters. The van der Waals surface area contributed by atoms with Crippen LogP contribution >= 0.6 is 11.8 Å². The Morgan fingerprint density at radius 3 is 2.57 bits per heavy atom. The number of hydrogen-bond donors (Lipinski definition) is 1. The van der Waals surface area contributed by atoms with E-state index < -0.39 is 16.8 Å². The summed E-state index contributed by atoms with van der Waals surface area (Å²) in [6.07, 6.45) is 4.95. The van der Waals surface area contributed by atoms with Gasteiger partial charge < -0.3 is 9.47 Å². The van der Waals surface area contributed by atoms with Crippen molar-refractivity contribution in [3.8, 4) is 5.75 Å². The SMILES string of the molecule is CCOC(=O)c1nnn2c1SC(C(=O)c1ccc(OCC)cc1)C1(CCCCC1)N2. The molecular formula is C21H26N4O4S. The molecule has 2 heterocycles. The first-order chi connectivity index (χ1) is 14.6. The van der Waals surface area contributed by atoms with Crippen molar-refractivity contribution in [1.29, 1.82) is 0 Å². The van der Waals surface area contributed by atoms with Crippen LogP contribution in [-0.4, -0.2) is 50.9 Å². The lowest BCUT2D eigenvalue weighted by molar-refractivity contribution is 0.0514. The van der Waals surface area contributed by atoms with Gasteiger partial charge in [-0.05, 0) is 56.2 Å². The fourth-order valence-corrected chi connectivity index (χ4v) is 5.57. The highest BCUT2D eigenvalue weighted by atomic mass is 32.2. The van der Waals surface area contributed by atoms with Crippen molar-refractivity contribution in [2.45, 2.75) is 61.8 Å². The van der Waals surface area contributed by atoms with E-state index in [9.17, 15) is 9.59 Å². The number of fused-ring (bicyclic) bond motifs is 1. The zero-order valence-corrected chi connectivity index (χ0v) is 18.0. The number of thioether (sulfide) groups is 1. The number of rotatable bonds is 6. The molecule has 1 spiro atoms. The van der Waals surface area contributed by atoms with Gasteiger partial charge in [-0.3, -0.25) is 10.2 Å². The van der Waals surface area contributed by atoms with E-state index >= 15 is 0 Å². The normalized spacial score (nSPS) is 19.6. The number of carbonyl (C=O) groups excluding carboxylic acids is 2. The molecule has 1 aliphatic carbocycles. The predicted molar refractivity (Wildman–Crippen MR) is 113 cm³/mol. The first kappa shape index (κ1) is 20.7. The number of nitrogens with zero attached hydrogens (tertiary/aromatic N) is 3. The summed E-state index contributed by atoms with van der Waals surface area (Å²) >= 11 is 1.36.